The van der Waals surface area contributed by atoms with Crippen molar-refractivity contribution in [3.8, 4) is 0 Å². The third-order valence-electron chi connectivity index (χ3n) is 9.07. The summed E-state index contributed by atoms with van der Waals surface area (Å²) >= 11 is 0. The van der Waals surface area contributed by atoms with Crippen LogP contribution in [0.1, 0.15) is 77.3 Å². The summed E-state index contributed by atoms with van der Waals surface area (Å²) < 4.78 is 39.7. The van der Waals surface area contributed by atoms with Gasteiger partial charge in [0.2, 0.25) is 5.69 Å². The minimum Gasteiger partial charge on any atom is -1.00 e. The molecule has 1 saturated heterocycles. The Kier molecular flexibility index (Phi) is 10.8. The van der Waals surface area contributed by atoms with E-state index in [-0.39, 0.29) is 42.0 Å². The molecule has 5 rings (SSSR count). The van der Waals surface area contributed by atoms with Crippen LogP contribution in [0.2, 0.25) is 0 Å². The van der Waals surface area contributed by atoms with E-state index >= 15 is 0 Å². The molecule has 0 bridgehead atoms. The monoisotopic (exact) mass is 696 g/mol. The maximum atomic E-state index is 12.2. The van der Waals surface area contributed by atoms with Crippen LogP contribution in [0.3, 0.4) is 0 Å². The number of fused-ring (bicyclic) bond motifs is 2. The van der Waals surface area contributed by atoms with Crippen molar-refractivity contribution in [1.29, 1.82) is 0 Å². The van der Waals surface area contributed by atoms with Crippen molar-refractivity contribution in [3.63, 3.8) is 0 Å². The first kappa shape index (κ1) is 36.7. The number of anilines is 1. The molecule has 1 N–H and O–H groups in total. The number of carbonyl (C=O) groups is 3. The molecular formula is C35H41ClN4O7S. The first-order valence-electron chi connectivity index (χ1n) is 15.7. The minimum atomic E-state index is -4.63. The van der Waals surface area contributed by atoms with E-state index in [2.05, 4.69) is 42.1 Å². The van der Waals surface area contributed by atoms with Crippen LogP contribution < -0.4 is 22.3 Å². The second kappa shape index (κ2) is 14.2. The number of hydroxylamine groups is 2. The highest BCUT2D eigenvalue weighted by molar-refractivity contribution is 7.85. The number of aryl methyl sites for hydroxylation is 1. The van der Waals surface area contributed by atoms with E-state index in [1.54, 1.807) is 6.07 Å². The number of aromatic nitrogens is 1. The number of hydrogen-bond acceptors (Lipinski definition) is 8. The van der Waals surface area contributed by atoms with E-state index in [1.807, 2.05) is 56.0 Å². The quantitative estimate of drug-likeness (QED) is 0.122. The number of benzene rings is 1. The average molecular weight is 697 g/mol. The van der Waals surface area contributed by atoms with Gasteiger partial charge in [0.1, 0.15) is 23.7 Å². The molecule has 1 aromatic heterocycles. The smallest absolute Gasteiger partial charge is 0.333 e. The number of unbranched alkanes of at least 4 members (excludes halogenated alkanes) is 2. The van der Waals surface area contributed by atoms with E-state index in [1.165, 1.54) is 17.7 Å². The molecule has 3 aliphatic rings. The highest BCUT2D eigenvalue weighted by Gasteiger charge is 2.44. The molecule has 256 valence electrons. The molecule has 0 radical (unpaired) electrons. The Morgan fingerprint density at radius 3 is 2.40 bits per heavy atom. The van der Waals surface area contributed by atoms with Crippen molar-refractivity contribution in [2.75, 3.05) is 11.9 Å². The molecular weight excluding hydrogens is 656 g/mol. The van der Waals surface area contributed by atoms with Crippen LogP contribution in [0.25, 0.3) is 0 Å². The number of halogens is 1. The minimum absolute atomic E-state index is 0. The molecule has 0 unspecified atom stereocenters. The summed E-state index contributed by atoms with van der Waals surface area (Å²) in [5.74, 6) is -1.64. The normalized spacial score (nSPS) is 18.9. The van der Waals surface area contributed by atoms with Crippen molar-refractivity contribution in [2.45, 2.75) is 81.9 Å². The van der Waals surface area contributed by atoms with Crippen LogP contribution in [0.15, 0.2) is 77.6 Å². The lowest BCUT2D eigenvalue weighted by atomic mass is 9.81. The molecule has 0 atom stereocenters. The predicted octanol–water partition coefficient (Wildman–Crippen LogP) is 1.36. The van der Waals surface area contributed by atoms with Gasteiger partial charge in [0.05, 0.1) is 21.6 Å². The Bertz CT molecular complexity index is 1860. The SMILES string of the molecule is C[n+]1ccc2c(c1)C(C)(C)/C(=C/C=C/C=C/C1=[N+](CCCCCC(=O)ON3C(=O)CCC3=O)c3ccc(S(=O)(=O)[O-])cc3C1(C)C)N2.[Cl-]. The Balaban J connectivity index is 0.00000520. The van der Waals surface area contributed by atoms with Crippen molar-refractivity contribution < 1.29 is 53.7 Å². The summed E-state index contributed by atoms with van der Waals surface area (Å²) in [6.07, 6.45) is 16.1. The summed E-state index contributed by atoms with van der Waals surface area (Å²) in [5, 5.41) is 4.08. The van der Waals surface area contributed by atoms with E-state index in [9.17, 15) is 27.4 Å². The zero-order valence-corrected chi connectivity index (χ0v) is 29.4. The van der Waals surface area contributed by atoms with E-state index < -0.39 is 33.3 Å². The second-order valence-corrected chi connectivity index (χ2v) is 14.5. The lowest BCUT2D eigenvalue weighted by Crippen LogP contribution is -3.00. The lowest BCUT2D eigenvalue weighted by Gasteiger charge is -2.18. The highest BCUT2D eigenvalue weighted by atomic mass is 35.5. The Hall–Kier alpha value is -4.13. The summed E-state index contributed by atoms with van der Waals surface area (Å²) in [7, 11) is -2.62. The Labute approximate surface area is 287 Å². The zero-order valence-electron chi connectivity index (χ0n) is 27.8. The predicted molar refractivity (Wildman–Crippen MR) is 174 cm³/mol. The maximum Gasteiger partial charge on any atom is 0.333 e. The molecule has 0 saturated carbocycles. The fourth-order valence-electron chi connectivity index (χ4n) is 6.34. The number of imide groups is 1. The number of hydrogen-bond donors (Lipinski definition) is 1. The van der Waals surface area contributed by atoms with Crippen molar-refractivity contribution in [2.24, 2.45) is 7.05 Å². The molecule has 2 aromatic rings. The molecule has 48 heavy (non-hydrogen) atoms. The van der Waals surface area contributed by atoms with Gasteiger partial charge in [-0.3, -0.25) is 9.59 Å². The number of rotatable bonds is 11. The number of nitrogens with zero attached hydrogens (tertiary/aromatic N) is 3. The molecule has 11 nitrogen and oxygen atoms in total. The third kappa shape index (κ3) is 7.45. The summed E-state index contributed by atoms with van der Waals surface area (Å²) in [5.41, 5.74) is 5.13. The zero-order chi connectivity index (χ0) is 34.1. The average Bonchev–Trinajstić information content (AvgIpc) is 3.53. The van der Waals surface area contributed by atoms with Crippen LogP contribution in [0, 0.1) is 0 Å². The van der Waals surface area contributed by atoms with Gasteiger partial charge in [0.25, 0.3) is 11.8 Å². The lowest BCUT2D eigenvalue weighted by molar-refractivity contribution is -0.671. The molecule has 2 amide bonds. The second-order valence-electron chi connectivity index (χ2n) is 13.2. The van der Waals surface area contributed by atoms with Crippen LogP contribution >= 0.6 is 0 Å². The highest BCUT2D eigenvalue weighted by Crippen LogP contribution is 2.43. The van der Waals surface area contributed by atoms with Crippen LogP contribution in [-0.2, 0) is 47.2 Å². The molecule has 1 aromatic carbocycles. The molecule has 0 aliphatic carbocycles. The van der Waals surface area contributed by atoms with E-state index in [0.29, 0.717) is 30.9 Å². The van der Waals surface area contributed by atoms with Gasteiger partial charge in [-0.1, -0.05) is 18.2 Å². The van der Waals surface area contributed by atoms with Gasteiger partial charge < -0.3 is 27.1 Å². The topological polar surface area (TPSA) is 140 Å². The first-order chi connectivity index (χ1) is 22.1. The van der Waals surface area contributed by atoms with Crippen molar-refractivity contribution >= 4 is 45.0 Å². The van der Waals surface area contributed by atoms with Crippen LogP contribution in [0.4, 0.5) is 11.4 Å². The van der Waals surface area contributed by atoms with E-state index in [4.69, 9.17) is 4.84 Å². The number of nitrogens with one attached hydrogen (secondary N) is 1. The van der Waals surface area contributed by atoms with Gasteiger partial charge in [-0.25, -0.2) is 17.8 Å². The molecule has 0 spiro atoms. The summed E-state index contributed by atoms with van der Waals surface area (Å²) in [6.45, 7) is 8.94. The van der Waals surface area contributed by atoms with Crippen molar-refractivity contribution in [3.05, 3.63) is 83.9 Å². The summed E-state index contributed by atoms with van der Waals surface area (Å²) in [6, 6.07) is 6.55. The van der Waals surface area contributed by atoms with Gasteiger partial charge in [0.15, 0.2) is 18.1 Å². The van der Waals surface area contributed by atoms with Crippen LogP contribution in [0.5, 0.6) is 0 Å². The van der Waals surface area contributed by atoms with Gasteiger partial charge in [-0.15, -0.1) is 5.06 Å². The fourth-order valence-corrected chi connectivity index (χ4v) is 6.83. The van der Waals surface area contributed by atoms with Crippen LogP contribution in [-0.4, -0.2) is 52.6 Å². The molecule has 1 fully saturated rings. The van der Waals surface area contributed by atoms with Gasteiger partial charge >= 0.3 is 5.97 Å². The number of amides is 2. The fraction of sp³-hybridized carbons (Fsp3) is 0.400. The largest absolute Gasteiger partial charge is 1.00 e. The van der Waals surface area contributed by atoms with Gasteiger partial charge in [0, 0.05) is 60.6 Å². The molecule has 13 heteroatoms. The summed E-state index contributed by atoms with van der Waals surface area (Å²) in [4.78, 5) is 40.3. The standard InChI is InChI=1S/C35H40N4O7S.ClH/c1-34(2)26-23-37(5)21-19-27(26)36-29(34)12-8-6-9-13-30-35(3,4)25-22-24(47(43,44)45)15-16-28(25)38(30)20-11-7-10-14-33(42)46-39-31(40)17-18-32(39)41;/h6,8-9,12-13,15-16,19,21-23H,7,10-11,14,17-18,20H2,1-5H3;1H. The van der Waals surface area contributed by atoms with E-state index in [0.717, 1.165) is 28.3 Å². The maximum absolute atomic E-state index is 12.2. The van der Waals surface area contributed by atoms with Crippen molar-refractivity contribution in [1.82, 2.24) is 5.06 Å². The first-order valence-corrected chi connectivity index (χ1v) is 17.2. The number of carbonyl (C=O) groups excluding carboxylic acids is 3. The number of allylic oxidation sites excluding steroid dienone is 6. The Morgan fingerprint density at radius 2 is 1.71 bits per heavy atom. The van der Waals surface area contributed by atoms with Gasteiger partial charge in [-0.05, 0) is 58.7 Å². The molecule has 4 heterocycles. The third-order valence-corrected chi connectivity index (χ3v) is 9.90. The molecule has 3 aliphatic heterocycles. The van der Waals surface area contributed by atoms with Gasteiger partial charge in [-0.2, -0.15) is 4.58 Å². The Morgan fingerprint density at radius 1 is 1.00 bits per heavy atom. The number of pyridine rings is 1.